The van der Waals surface area contributed by atoms with Gasteiger partial charge in [-0.1, -0.05) is 110 Å². The van der Waals surface area contributed by atoms with Gasteiger partial charge in [-0.15, -0.1) is 0 Å². The molecule has 54 heavy (non-hydrogen) atoms. The molecule has 0 aromatic heterocycles. The first-order valence-corrected chi connectivity index (χ1v) is 19.9. The van der Waals surface area contributed by atoms with Gasteiger partial charge in [0.25, 0.3) is 11.4 Å². The molecule has 0 unspecified atom stereocenters. The van der Waals surface area contributed by atoms with E-state index in [2.05, 4.69) is 63.7 Å². The molecule has 4 aromatic carbocycles. The molecule has 0 N–H and O–H groups in total. The lowest BCUT2D eigenvalue weighted by molar-refractivity contribution is -0.385. The average molecular weight is 1080 g/mol. The topological polar surface area (TPSA) is 157 Å². The monoisotopic (exact) mass is 1080 g/mol. The molecule has 4 rings (SSSR count). The molecule has 0 aliphatic heterocycles. The van der Waals surface area contributed by atoms with Gasteiger partial charge in [0.2, 0.25) is 0 Å². The van der Waals surface area contributed by atoms with Crippen LogP contribution in [0.1, 0.15) is 41.5 Å². The van der Waals surface area contributed by atoms with Gasteiger partial charge in [0.15, 0.2) is 34.6 Å². The molecular weight excluding hydrogens is 1060 g/mol. The number of methoxy groups -OCH3 is 4. The third kappa shape index (κ3) is 10.8. The molecule has 0 spiro atoms. The van der Waals surface area contributed by atoms with Crippen molar-refractivity contribution in [3.8, 4) is 23.0 Å². The van der Waals surface area contributed by atoms with Gasteiger partial charge < -0.3 is 18.9 Å². The summed E-state index contributed by atoms with van der Waals surface area (Å²) in [5.74, 6) is 0.320. The summed E-state index contributed by atoms with van der Waals surface area (Å²) in [6.07, 6.45) is 0. The molecule has 20 heteroatoms. The summed E-state index contributed by atoms with van der Waals surface area (Å²) in [4.78, 5) is 44.4. The first-order chi connectivity index (χ1) is 25.4. The van der Waals surface area contributed by atoms with Crippen molar-refractivity contribution in [2.75, 3.05) is 28.4 Å². The fraction of sp³-hybridized carbons (Fsp3) is 0.235. The molecular formula is C34H26Br4Cl4N2O10. The van der Waals surface area contributed by atoms with E-state index in [1.807, 2.05) is 0 Å². The summed E-state index contributed by atoms with van der Waals surface area (Å²) < 4.78 is 20.7. The van der Waals surface area contributed by atoms with E-state index in [0.29, 0.717) is 21.5 Å². The SMILES string of the molecule is COc1cc([C@@H](Br)[C@@H](Br)C(=O)c2ccc(Cl)cc2Cl)c([N+](=O)[O-])cc1OC.COc1cc([C@@H](Br)[C@@H](Br)C(=O)c2ccc(Cl)cc2Cl)c([N+](=O)[O-])cc1OC. The molecule has 0 heterocycles. The Bertz CT molecular complexity index is 1930. The Morgan fingerprint density at radius 3 is 1.11 bits per heavy atom. The second-order valence-corrected chi connectivity index (χ2v) is 16.3. The normalized spacial score (nSPS) is 13.0. The van der Waals surface area contributed by atoms with E-state index >= 15 is 0 Å². The van der Waals surface area contributed by atoms with Crippen molar-refractivity contribution < 1.29 is 38.4 Å². The number of hydrogen-bond donors (Lipinski definition) is 0. The quantitative estimate of drug-likeness (QED) is 0.0515. The fourth-order valence-corrected chi connectivity index (χ4v) is 8.06. The standard InChI is InChI=1S/2C17H13Br2Cl2NO5/c2*1-26-13-6-10(12(22(24)25)7-14(13)27-2)15(18)16(19)17(23)9-4-3-8(20)5-11(9)21/h2*3-7,15-16H,1-2H3/t2*15-,16-/m11/s1. The number of rotatable bonds is 14. The number of ether oxygens (including phenoxy) is 4. The highest BCUT2D eigenvalue weighted by Gasteiger charge is 2.35. The zero-order chi connectivity index (χ0) is 40.6. The predicted octanol–water partition coefficient (Wildman–Crippen LogP) is 12.0. The smallest absolute Gasteiger partial charge is 0.277 e. The van der Waals surface area contributed by atoms with E-state index in [1.54, 1.807) is 12.1 Å². The maximum absolute atomic E-state index is 12.8. The highest BCUT2D eigenvalue weighted by Crippen LogP contribution is 2.45. The van der Waals surface area contributed by atoms with Crippen molar-refractivity contribution in [3.63, 3.8) is 0 Å². The van der Waals surface area contributed by atoms with Crippen molar-refractivity contribution in [2.24, 2.45) is 0 Å². The lowest BCUT2D eigenvalue weighted by Crippen LogP contribution is -2.20. The highest BCUT2D eigenvalue weighted by atomic mass is 79.9. The van der Waals surface area contributed by atoms with Crippen LogP contribution in [-0.4, -0.2) is 59.5 Å². The summed E-state index contributed by atoms with van der Waals surface area (Å²) in [5.41, 5.74) is 0.560. The third-order valence-corrected chi connectivity index (χ3v) is 13.9. The summed E-state index contributed by atoms with van der Waals surface area (Å²) in [7, 11) is 5.60. The van der Waals surface area contributed by atoms with Crippen molar-refractivity contribution in [2.45, 2.75) is 19.3 Å². The first-order valence-electron chi connectivity index (χ1n) is 14.8. The van der Waals surface area contributed by atoms with E-state index in [-0.39, 0.29) is 66.7 Å². The lowest BCUT2D eigenvalue weighted by Gasteiger charge is -2.18. The van der Waals surface area contributed by atoms with Crippen molar-refractivity contribution in [3.05, 3.63) is 123 Å². The minimum Gasteiger partial charge on any atom is -0.493 e. The molecule has 0 aliphatic rings. The molecule has 0 fully saturated rings. The number of hydrogen-bond acceptors (Lipinski definition) is 10. The third-order valence-electron chi connectivity index (χ3n) is 7.46. The van der Waals surface area contributed by atoms with Crippen LogP contribution in [-0.2, 0) is 0 Å². The van der Waals surface area contributed by atoms with Crippen molar-refractivity contribution >= 4 is 133 Å². The predicted molar refractivity (Wildman–Crippen MR) is 223 cm³/mol. The maximum atomic E-state index is 12.8. The highest BCUT2D eigenvalue weighted by molar-refractivity contribution is 9.12. The van der Waals surface area contributed by atoms with E-state index in [4.69, 9.17) is 65.4 Å². The van der Waals surface area contributed by atoms with Gasteiger partial charge in [-0.3, -0.25) is 29.8 Å². The number of ketones is 2. The van der Waals surface area contributed by atoms with Crippen molar-refractivity contribution in [1.29, 1.82) is 0 Å². The van der Waals surface area contributed by atoms with Gasteiger partial charge in [0, 0.05) is 32.3 Å². The van der Waals surface area contributed by atoms with Gasteiger partial charge in [0.05, 0.1) is 79.8 Å². The van der Waals surface area contributed by atoms with Crippen LogP contribution < -0.4 is 18.9 Å². The van der Waals surface area contributed by atoms with Crippen LogP contribution in [0.25, 0.3) is 0 Å². The summed E-state index contributed by atoms with van der Waals surface area (Å²) in [6.45, 7) is 0. The molecule has 4 aromatic rings. The van der Waals surface area contributed by atoms with E-state index in [0.717, 1.165) is 0 Å². The van der Waals surface area contributed by atoms with E-state index in [1.165, 1.54) is 77.0 Å². The number of alkyl halides is 4. The Labute approximate surface area is 362 Å². The minimum absolute atomic E-state index is 0.193. The molecule has 0 saturated carbocycles. The summed E-state index contributed by atoms with van der Waals surface area (Å²) in [6, 6.07) is 14.4. The van der Waals surface area contributed by atoms with E-state index < -0.39 is 29.2 Å². The molecule has 288 valence electrons. The van der Waals surface area contributed by atoms with Crippen LogP contribution in [0.4, 0.5) is 11.4 Å². The Morgan fingerprint density at radius 2 is 0.852 bits per heavy atom. The molecule has 0 amide bonds. The largest absolute Gasteiger partial charge is 0.493 e. The zero-order valence-electron chi connectivity index (χ0n) is 28.1. The second kappa shape index (κ2) is 20.5. The molecule has 12 nitrogen and oxygen atoms in total. The average Bonchev–Trinajstić information content (AvgIpc) is 3.15. The van der Waals surface area contributed by atoms with Gasteiger partial charge in [-0.05, 0) is 48.5 Å². The second-order valence-electron chi connectivity index (χ2n) is 10.6. The number of carbonyl (C=O) groups excluding carboxylic acids is 2. The fourth-order valence-electron chi connectivity index (χ4n) is 4.78. The van der Waals surface area contributed by atoms with E-state index in [9.17, 15) is 29.8 Å². The Kier molecular flexibility index (Phi) is 17.3. The van der Waals surface area contributed by atoms with Crippen LogP contribution in [0.5, 0.6) is 23.0 Å². The zero-order valence-corrected chi connectivity index (χ0v) is 37.5. The van der Waals surface area contributed by atoms with Crippen LogP contribution in [0.15, 0.2) is 60.7 Å². The number of halogens is 8. The number of nitrogens with zero attached hydrogens (tertiary/aromatic N) is 2. The summed E-state index contributed by atoms with van der Waals surface area (Å²) >= 11 is 37.3. The van der Waals surface area contributed by atoms with Crippen LogP contribution in [0.2, 0.25) is 20.1 Å². The van der Waals surface area contributed by atoms with Crippen LogP contribution in [0.3, 0.4) is 0 Å². The molecule has 0 radical (unpaired) electrons. The van der Waals surface area contributed by atoms with Crippen LogP contribution in [0, 0.1) is 20.2 Å². The van der Waals surface area contributed by atoms with Crippen molar-refractivity contribution in [1.82, 2.24) is 0 Å². The molecule has 4 atom stereocenters. The number of benzene rings is 4. The maximum Gasteiger partial charge on any atom is 0.277 e. The Morgan fingerprint density at radius 1 is 0.556 bits per heavy atom. The van der Waals surface area contributed by atoms with Gasteiger partial charge in [-0.2, -0.15) is 0 Å². The minimum atomic E-state index is -0.840. The Hall–Kier alpha value is -2.70. The molecule has 0 bridgehead atoms. The van der Waals surface area contributed by atoms with Gasteiger partial charge >= 0.3 is 0 Å². The number of carbonyl (C=O) groups is 2. The molecule has 0 saturated heterocycles. The van der Waals surface area contributed by atoms with Gasteiger partial charge in [-0.25, -0.2) is 0 Å². The van der Waals surface area contributed by atoms with Gasteiger partial charge in [0.1, 0.15) is 0 Å². The lowest BCUT2D eigenvalue weighted by atomic mass is 10.0. The van der Waals surface area contributed by atoms with Crippen LogP contribution >= 0.6 is 110 Å². The number of Topliss-reactive ketones (excluding diaryl/α,β-unsaturated/α-hetero) is 2. The molecule has 0 aliphatic carbocycles. The summed E-state index contributed by atoms with van der Waals surface area (Å²) in [5, 5.41) is 24.2. The number of nitro groups is 2. The Balaban J connectivity index is 0.000000290. The number of nitro benzene ring substituents is 2. The first kappa shape index (κ1) is 45.7.